The van der Waals surface area contributed by atoms with E-state index in [0.29, 0.717) is 11.3 Å². The average Bonchev–Trinajstić information content (AvgIpc) is 2.14. The fourth-order valence-electron chi connectivity index (χ4n) is 1.05. The molecule has 1 N–H and O–H groups in total. The van der Waals surface area contributed by atoms with Crippen LogP contribution in [-0.2, 0) is 0 Å². The van der Waals surface area contributed by atoms with Gasteiger partial charge in [0.15, 0.2) is 5.78 Å². The summed E-state index contributed by atoms with van der Waals surface area (Å²) in [6.45, 7) is 0.261. The van der Waals surface area contributed by atoms with E-state index in [1.165, 1.54) is 25.1 Å². The quantitative estimate of drug-likeness (QED) is 0.789. The largest absolute Gasteiger partial charge is 0.405 e. The number of rotatable bonds is 3. The van der Waals surface area contributed by atoms with E-state index < -0.39 is 12.7 Å². The van der Waals surface area contributed by atoms with Crippen LogP contribution in [0.15, 0.2) is 24.3 Å². The van der Waals surface area contributed by atoms with Crippen molar-refractivity contribution in [3.63, 3.8) is 0 Å². The third-order valence-electron chi connectivity index (χ3n) is 1.76. The molecule has 1 rings (SSSR count). The van der Waals surface area contributed by atoms with Gasteiger partial charge in [-0.15, -0.1) is 0 Å². The number of Topliss-reactive ketones (excluding diaryl/α,β-unsaturated/α-hetero) is 1. The molecule has 0 bridgehead atoms. The van der Waals surface area contributed by atoms with Crippen LogP contribution in [0, 0.1) is 0 Å². The second-order valence-electron chi connectivity index (χ2n) is 3.11. The Bertz CT molecular complexity index is 360. The molecule has 0 aliphatic rings. The molecule has 0 radical (unpaired) electrons. The van der Waals surface area contributed by atoms with Gasteiger partial charge in [-0.3, -0.25) is 4.79 Å². The average molecular weight is 217 g/mol. The van der Waals surface area contributed by atoms with E-state index in [1.54, 1.807) is 6.07 Å². The molecule has 0 heterocycles. The minimum atomic E-state index is -4.26. The maximum absolute atomic E-state index is 11.9. The highest BCUT2D eigenvalue weighted by molar-refractivity contribution is 5.94. The fraction of sp³-hybridized carbons (Fsp3) is 0.300. The summed E-state index contributed by atoms with van der Waals surface area (Å²) in [6, 6.07) is 5.97. The van der Waals surface area contributed by atoms with Crippen molar-refractivity contribution in [1.29, 1.82) is 0 Å². The van der Waals surface area contributed by atoms with Crippen LogP contribution in [0.3, 0.4) is 0 Å². The maximum atomic E-state index is 11.9. The summed E-state index contributed by atoms with van der Waals surface area (Å²) < 4.78 is 35.6. The summed E-state index contributed by atoms with van der Waals surface area (Å²) in [6.07, 6.45) is -4.26. The van der Waals surface area contributed by atoms with Gasteiger partial charge in [-0.05, 0) is 19.1 Å². The van der Waals surface area contributed by atoms with Crippen LogP contribution >= 0.6 is 0 Å². The van der Waals surface area contributed by atoms with Gasteiger partial charge in [0.2, 0.25) is 0 Å². The molecule has 0 saturated carbocycles. The predicted octanol–water partition coefficient (Wildman–Crippen LogP) is 2.86. The molecule has 0 unspecified atom stereocenters. The van der Waals surface area contributed by atoms with Crippen molar-refractivity contribution < 1.29 is 18.0 Å². The Morgan fingerprint density at radius 2 is 2.07 bits per heavy atom. The molecule has 1 aromatic rings. The zero-order chi connectivity index (χ0) is 11.5. The third-order valence-corrected chi connectivity index (χ3v) is 1.76. The first-order valence-electron chi connectivity index (χ1n) is 4.30. The zero-order valence-electron chi connectivity index (χ0n) is 8.06. The molecule has 0 fully saturated rings. The molecular weight excluding hydrogens is 207 g/mol. The van der Waals surface area contributed by atoms with Crippen LogP contribution in [0.5, 0.6) is 0 Å². The second-order valence-corrected chi connectivity index (χ2v) is 3.11. The minimum Gasteiger partial charge on any atom is -0.376 e. The van der Waals surface area contributed by atoms with Gasteiger partial charge in [0.05, 0.1) is 0 Å². The number of nitrogens with one attached hydrogen (secondary N) is 1. The molecule has 5 heteroatoms. The SMILES string of the molecule is CC(=O)c1cccc(NCC(F)(F)F)c1. The number of carbonyl (C=O) groups is 1. The van der Waals surface area contributed by atoms with Crippen LogP contribution in [0.25, 0.3) is 0 Å². The van der Waals surface area contributed by atoms with E-state index in [-0.39, 0.29) is 5.78 Å². The molecule has 0 atom stereocenters. The summed E-state index contributed by atoms with van der Waals surface area (Å²) in [5, 5.41) is 2.20. The smallest absolute Gasteiger partial charge is 0.376 e. The molecule has 0 spiro atoms. The van der Waals surface area contributed by atoms with Crippen LogP contribution < -0.4 is 5.32 Å². The molecule has 82 valence electrons. The Hall–Kier alpha value is -1.52. The Kier molecular flexibility index (Phi) is 3.34. The number of hydrogen-bond acceptors (Lipinski definition) is 2. The Morgan fingerprint density at radius 1 is 1.40 bits per heavy atom. The van der Waals surface area contributed by atoms with Gasteiger partial charge in [0.1, 0.15) is 6.54 Å². The number of benzene rings is 1. The molecule has 0 saturated heterocycles. The van der Waals surface area contributed by atoms with Crippen LogP contribution in [0.2, 0.25) is 0 Å². The summed E-state index contributed by atoms with van der Waals surface area (Å²) in [5.41, 5.74) is 0.683. The highest BCUT2D eigenvalue weighted by Crippen LogP contribution is 2.17. The van der Waals surface area contributed by atoms with Gasteiger partial charge < -0.3 is 5.32 Å². The Morgan fingerprint density at radius 3 is 2.60 bits per heavy atom. The molecule has 0 aliphatic heterocycles. The van der Waals surface area contributed by atoms with Crippen molar-refractivity contribution >= 4 is 11.5 Å². The zero-order valence-corrected chi connectivity index (χ0v) is 8.06. The number of alkyl halides is 3. The van der Waals surface area contributed by atoms with Crippen LogP contribution in [-0.4, -0.2) is 18.5 Å². The number of carbonyl (C=O) groups excluding carboxylic acids is 1. The number of anilines is 1. The van der Waals surface area contributed by atoms with Crippen molar-refractivity contribution in [2.24, 2.45) is 0 Å². The molecule has 15 heavy (non-hydrogen) atoms. The molecule has 0 aliphatic carbocycles. The molecule has 0 aromatic heterocycles. The van der Waals surface area contributed by atoms with Crippen molar-refractivity contribution in [2.75, 3.05) is 11.9 Å². The van der Waals surface area contributed by atoms with Gasteiger partial charge >= 0.3 is 6.18 Å². The number of halogens is 3. The lowest BCUT2D eigenvalue weighted by Gasteiger charge is -2.09. The third kappa shape index (κ3) is 4.01. The summed E-state index contributed by atoms with van der Waals surface area (Å²) in [5.74, 6) is -0.175. The monoisotopic (exact) mass is 217 g/mol. The lowest BCUT2D eigenvalue weighted by molar-refractivity contribution is -0.115. The van der Waals surface area contributed by atoms with Gasteiger partial charge in [-0.25, -0.2) is 0 Å². The van der Waals surface area contributed by atoms with Gasteiger partial charge in [-0.1, -0.05) is 12.1 Å². The molecule has 1 aromatic carbocycles. The summed E-state index contributed by atoms with van der Waals surface area (Å²) in [7, 11) is 0. The first kappa shape index (κ1) is 11.6. The summed E-state index contributed by atoms with van der Waals surface area (Å²) in [4.78, 5) is 10.9. The Balaban J connectivity index is 2.70. The standard InChI is InChI=1S/C10H10F3NO/c1-7(15)8-3-2-4-9(5-8)14-6-10(11,12)13/h2-5,14H,6H2,1H3. The van der Waals surface area contributed by atoms with Crippen LogP contribution in [0.4, 0.5) is 18.9 Å². The van der Waals surface area contributed by atoms with E-state index in [1.807, 2.05) is 0 Å². The maximum Gasteiger partial charge on any atom is 0.405 e. The molecule has 0 amide bonds. The lowest BCUT2D eigenvalue weighted by atomic mass is 10.1. The van der Waals surface area contributed by atoms with Gasteiger partial charge in [-0.2, -0.15) is 13.2 Å². The van der Waals surface area contributed by atoms with Crippen LogP contribution in [0.1, 0.15) is 17.3 Å². The van der Waals surface area contributed by atoms with Crippen molar-refractivity contribution in [3.05, 3.63) is 29.8 Å². The number of ketones is 1. The van der Waals surface area contributed by atoms with E-state index in [9.17, 15) is 18.0 Å². The topological polar surface area (TPSA) is 29.1 Å². The van der Waals surface area contributed by atoms with E-state index >= 15 is 0 Å². The highest BCUT2D eigenvalue weighted by atomic mass is 19.4. The number of hydrogen-bond donors (Lipinski definition) is 1. The molecular formula is C10H10F3NO. The fourth-order valence-corrected chi connectivity index (χ4v) is 1.05. The van der Waals surface area contributed by atoms with E-state index in [4.69, 9.17) is 0 Å². The van der Waals surface area contributed by atoms with Gasteiger partial charge in [0.25, 0.3) is 0 Å². The van der Waals surface area contributed by atoms with Crippen molar-refractivity contribution in [2.45, 2.75) is 13.1 Å². The lowest BCUT2D eigenvalue weighted by Crippen LogP contribution is -2.21. The summed E-state index contributed by atoms with van der Waals surface area (Å²) >= 11 is 0. The minimum absolute atomic E-state index is 0.175. The van der Waals surface area contributed by atoms with Crippen molar-refractivity contribution in [3.8, 4) is 0 Å². The normalized spacial score (nSPS) is 11.2. The van der Waals surface area contributed by atoms with E-state index in [2.05, 4.69) is 5.32 Å². The first-order valence-corrected chi connectivity index (χ1v) is 4.30. The predicted molar refractivity (Wildman–Crippen MR) is 51.0 cm³/mol. The first-order chi connectivity index (χ1) is 6.88. The molecule has 2 nitrogen and oxygen atoms in total. The van der Waals surface area contributed by atoms with Crippen molar-refractivity contribution in [1.82, 2.24) is 0 Å². The highest BCUT2D eigenvalue weighted by Gasteiger charge is 2.26. The Labute approximate surface area is 85.1 Å². The second kappa shape index (κ2) is 4.33. The van der Waals surface area contributed by atoms with E-state index in [0.717, 1.165) is 0 Å². The van der Waals surface area contributed by atoms with Gasteiger partial charge in [0, 0.05) is 11.3 Å².